The molecule has 0 spiro atoms. The Balaban J connectivity index is 0.000000567. The molecule has 0 fully saturated rings. The van der Waals surface area contributed by atoms with Crippen LogP contribution in [0.1, 0.15) is 16.6 Å². The number of benzene rings is 2. The molecule has 8 nitrogen and oxygen atoms in total. The van der Waals surface area contributed by atoms with E-state index < -0.39 is 38.9 Å². The molecule has 0 bridgehead atoms. The zero-order chi connectivity index (χ0) is 27.2. The summed E-state index contributed by atoms with van der Waals surface area (Å²) in [5.74, 6) is 0. The molecule has 0 aromatic heterocycles. The molecule has 0 amide bonds. The van der Waals surface area contributed by atoms with E-state index in [0.29, 0.717) is 6.61 Å². The van der Waals surface area contributed by atoms with Gasteiger partial charge in [0.1, 0.15) is 0 Å². The van der Waals surface area contributed by atoms with Crippen LogP contribution in [0.4, 0.5) is 0 Å². The second-order valence-electron chi connectivity index (χ2n) is 5.73. The van der Waals surface area contributed by atoms with Gasteiger partial charge in [0.05, 0.1) is 57.5 Å². The van der Waals surface area contributed by atoms with Gasteiger partial charge in [-0.25, -0.2) is 8.42 Å². The average molecular weight is 501 g/mol. The molecule has 0 aliphatic carbocycles. The molecule has 0 heterocycles. The van der Waals surface area contributed by atoms with Crippen molar-refractivity contribution in [3.63, 3.8) is 0 Å². The highest BCUT2D eigenvalue weighted by Crippen LogP contribution is 2.00. The second kappa shape index (κ2) is 17.1. The van der Waals surface area contributed by atoms with Crippen molar-refractivity contribution < 1.29 is 41.1 Å². The Hall–Kier alpha value is -1.53. The molecule has 0 atom stereocenters. The molecular weight excluding hydrogens is 468 g/mol. The minimum Gasteiger partial charge on any atom is -0.394 e. The summed E-state index contributed by atoms with van der Waals surface area (Å²) < 4.78 is 82.8. The molecule has 0 unspecified atom stereocenters. The van der Waals surface area contributed by atoms with Crippen LogP contribution in [-0.2, 0) is 46.0 Å². The summed E-state index contributed by atoms with van der Waals surface area (Å²) in [6, 6.07) is 18.6. The lowest BCUT2D eigenvalue weighted by Gasteiger charge is -2.03. The van der Waals surface area contributed by atoms with Crippen LogP contribution in [0.3, 0.4) is 0 Å². The summed E-state index contributed by atoms with van der Waals surface area (Å²) in [7, 11) is -2.52. The summed E-state index contributed by atoms with van der Waals surface area (Å²) in [5.41, 5.74) is 1.84. The number of hydrogen-bond acceptors (Lipinski definition) is 8. The second-order valence-corrected chi connectivity index (χ2v) is 10.3. The van der Waals surface area contributed by atoms with E-state index in [1.165, 1.54) is 0 Å². The molecule has 2 aromatic carbocycles. The van der Waals surface area contributed by atoms with Crippen LogP contribution in [0.25, 0.3) is 0 Å². The highest BCUT2D eigenvalue weighted by atomic mass is 35.7. The Kier molecular flexibility index (Phi) is 12.5. The third kappa shape index (κ3) is 24.6. The number of hydrogen-bond donors (Lipinski definition) is 1. The molecule has 31 heavy (non-hydrogen) atoms. The fourth-order valence-corrected chi connectivity index (χ4v) is 1.97. The highest BCUT2D eigenvalue weighted by molar-refractivity contribution is 8.13. The third-order valence-corrected chi connectivity index (χ3v) is 3.18. The average Bonchev–Trinajstić information content (AvgIpc) is 2.66. The molecule has 11 heteroatoms. The van der Waals surface area contributed by atoms with Gasteiger partial charge in [0.2, 0.25) is 9.05 Å². The first kappa shape index (κ1) is 22.7. The van der Waals surface area contributed by atoms with Crippen molar-refractivity contribution in [1.82, 2.24) is 0 Å². The largest absolute Gasteiger partial charge is 0.394 e. The topological polar surface area (TPSA) is 116 Å². The summed E-state index contributed by atoms with van der Waals surface area (Å²) >= 11 is 0. The van der Waals surface area contributed by atoms with Crippen LogP contribution < -0.4 is 0 Å². The summed E-state index contributed by atoms with van der Waals surface area (Å²) in [5, 5.41) is 8.70. The van der Waals surface area contributed by atoms with Crippen molar-refractivity contribution in [1.29, 1.82) is 0 Å². The van der Waals surface area contributed by atoms with Crippen LogP contribution in [-0.4, -0.2) is 60.8 Å². The van der Waals surface area contributed by atoms with E-state index in [1.54, 1.807) is 0 Å². The van der Waals surface area contributed by atoms with Crippen molar-refractivity contribution in [2.45, 2.75) is 13.2 Å². The third-order valence-electron chi connectivity index (χ3n) is 2.76. The number of ether oxygens (including phenoxy) is 2. The minimum atomic E-state index is -3.83. The van der Waals surface area contributed by atoms with Gasteiger partial charge in [-0.2, -0.15) is 8.42 Å². The maximum Gasteiger partial charge on any atom is 0.264 e. The van der Waals surface area contributed by atoms with Crippen LogP contribution in [0.5, 0.6) is 0 Å². The van der Waals surface area contributed by atoms with Crippen LogP contribution in [0, 0.1) is 0 Å². The number of aliphatic hydroxyl groups is 1. The standard InChI is InChI=1S/C10H14O4S.C9H12O2.CH3ClO2S/c1-15(11,12)14-8-7-13-9-10-5-3-2-4-6-10;10-6-7-11-8-9-4-2-1-3-5-9;1-5(2,3)4/h2-6H,7-9H2,1H3;1-5,10H,6-8H2;1H3/i8D2;6D2;. The van der Waals surface area contributed by atoms with Crippen LogP contribution >= 0.6 is 10.7 Å². The molecule has 1 N–H and O–H groups in total. The number of rotatable bonds is 10. The summed E-state index contributed by atoms with van der Waals surface area (Å²) in [6.45, 7) is -4.82. The van der Waals surface area contributed by atoms with Gasteiger partial charge in [-0.15, -0.1) is 0 Å². The molecule has 2 rings (SSSR count). The zero-order valence-corrected chi connectivity index (χ0v) is 19.5. The van der Waals surface area contributed by atoms with E-state index in [4.69, 9.17) is 20.1 Å². The first-order valence-electron chi connectivity index (χ1n) is 10.6. The van der Waals surface area contributed by atoms with Gasteiger partial charge in [-0.05, 0) is 11.1 Å². The lowest BCUT2D eigenvalue weighted by Crippen LogP contribution is -2.09. The summed E-state index contributed by atoms with van der Waals surface area (Å²) in [4.78, 5) is 0. The lowest BCUT2D eigenvalue weighted by molar-refractivity contribution is 0.0815. The lowest BCUT2D eigenvalue weighted by atomic mass is 10.2. The Morgan fingerprint density at radius 2 is 1.23 bits per heavy atom. The maximum atomic E-state index is 10.8. The van der Waals surface area contributed by atoms with Gasteiger partial charge in [0.25, 0.3) is 10.1 Å². The van der Waals surface area contributed by atoms with Gasteiger partial charge in [0.15, 0.2) is 0 Å². The molecular formula is C20H29ClO8S2. The molecule has 0 radical (unpaired) electrons. The molecule has 0 aliphatic heterocycles. The normalized spacial score (nSPS) is 13.8. The predicted octanol–water partition coefficient (Wildman–Crippen LogP) is 2.56. The van der Waals surface area contributed by atoms with Crippen LogP contribution in [0.15, 0.2) is 60.7 Å². The van der Waals surface area contributed by atoms with Crippen LogP contribution in [0.2, 0.25) is 0 Å². The summed E-state index contributed by atoms with van der Waals surface area (Å²) in [6.07, 6.45) is 1.72. The fraction of sp³-hybridized carbons (Fsp3) is 0.400. The van der Waals surface area contributed by atoms with Crippen molar-refractivity contribution in [2.24, 2.45) is 0 Å². The van der Waals surface area contributed by atoms with Crippen molar-refractivity contribution in [3.8, 4) is 0 Å². The monoisotopic (exact) mass is 500 g/mol. The molecule has 2 aromatic rings. The SMILES string of the molecule is CS(=O)(=O)Cl.[2H]C([2H])(COCc1ccccc1)OS(C)(=O)=O.[2H]C([2H])(O)COCc1ccccc1. The highest BCUT2D eigenvalue weighted by Gasteiger charge is 2.00. The molecule has 0 saturated heterocycles. The fourth-order valence-electron chi connectivity index (χ4n) is 1.70. The first-order valence-corrected chi connectivity index (χ1v) is 13.2. The maximum absolute atomic E-state index is 10.8. The van der Waals surface area contributed by atoms with E-state index in [9.17, 15) is 16.8 Å². The first-order chi connectivity index (χ1) is 15.9. The van der Waals surface area contributed by atoms with Gasteiger partial charge in [-0.1, -0.05) is 60.7 Å². The minimum absolute atomic E-state index is 0.202. The predicted molar refractivity (Wildman–Crippen MR) is 121 cm³/mol. The van der Waals surface area contributed by atoms with Gasteiger partial charge in [0, 0.05) is 10.7 Å². The van der Waals surface area contributed by atoms with Crippen molar-refractivity contribution in [3.05, 3.63) is 71.8 Å². The quantitative estimate of drug-likeness (QED) is 0.391. The van der Waals surface area contributed by atoms with Gasteiger partial charge < -0.3 is 14.6 Å². The van der Waals surface area contributed by atoms with E-state index in [2.05, 4.69) is 14.9 Å². The Morgan fingerprint density at radius 3 is 1.58 bits per heavy atom. The molecule has 0 aliphatic rings. The van der Waals surface area contributed by atoms with E-state index >= 15 is 0 Å². The van der Waals surface area contributed by atoms with Gasteiger partial charge in [-0.3, -0.25) is 4.18 Å². The van der Waals surface area contributed by atoms with E-state index in [0.717, 1.165) is 23.6 Å². The Bertz CT molecular complexity index is 1040. The Morgan fingerprint density at radius 1 is 0.839 bits per heavy atom. The smallest absolute Gasteiger partial charge is 0.264 e. The van der Waals surface area contributed by atoms with Crippen molar-refractivity contribution >= 4 is 29.9 Å². The van der Waals surface area contributed by atoms with E-state index in [-0.39, 0.29) is 13.2 Å². The van der Waals surface area contributed by atoms with Crippen molar-refractivity contribution in [2.75, 3.05) is 38.8 Å². The van der Waals surface area contributed by atoms with Gasteiger partial charge >= 0.3 is 0 Å². The number of halogens is 1. The van der Waals surface area contributed by atoms with E-state index in [1.807, 2.05) is 60.7 Å². The zero-order valence-electron chi connectivity index (χ0n) is 21.1. The molecule has 176 valence electrons. The Labute approximate surface area is 194 Å². The molecule has 0 saturated carbocycles.